The molecule has 0 saturated carbocycles. The lowest BCUT2D eigenvalue weighted by Crippen LogP contribution is -2.19. The van der Waals surface area contributed by atoms with Crippen LogP contribution in [-0.2, 0) is 0 Å². The molecule has 0 aliphatic rings. The lowest BCUT2D eigenvalue weighted by atomic mass is 10.1. The molecule has 12 nitrogen and oxygen atoms in total. The zero-order chi connectivity index (χ0) is 22.0. The van der Waals surface area contributed by atoms with Gasteiger partial charge in [-0.2, -0.15) is 9.78 Å². The number of hydrogen-bond acceptors (Lipinski definition) is 8. The van der Waals surface area contributed by atoms with Crippen LogP contribution in [0.25, 0.3) is 5.95 Å². The summed E-state index contributed by atoms with van der Waals surface area (Å²) in [4.78, 5) is 42.2. The van der Waals surface area contributed by atoms with Gasteiger partial charge in [-0.15, -0.1) is 0 Å². The van der Waals surface area contributed by atoms with E-state index in [1.165, 1.54) is 37.1 Å². The number of nitro benzene ring substituents is 1. The summed E-state index contributed by atoms with van der Waals surface area (Å²) in [6.45, 7) is 3.32. The summed E-state index contributed by atoms with van der Waals surface area (Å²) in [5.74, 6) is -0.259. The molecule has 0 aliphatic carbocycles. The van der Waals surface area contributed by atoms with Crippen LogP contribution < -0.4 is 20.3 Å². The number of H-pyrrole nitrogens is 1. The second kappa shape index (κ2) is 8.03. The van der Waals surface area contributed by atoms with Gasteiger partial charge in [0.2, 0.25) is 5.95 Å². The molecule has 2 N–H and O–H groups in total. The van der Waals surface area contributed by atoms with E-state index < -0.39 is 22.1 Å². The van der Waals surface area contributed by atoms with Gasteiger partial charge in [-0.05, 0) is 13.8 Å². The first kappa shape index (κ1) is 20.5. The number of aromatic amines is 1. The number of carbonyl (C=O) groups is 1. The maximum atomic E-state index is 12.9. The predicted octanol–water partition coefficient (Wildman–Crippen LogP) is 1.75. The summed E-state index contributed by atoms with van der Waals surface area (Å²) in [7, 11) is 2.68. The van der Waals surface area contributed by atoms with Gasteiger partial charge in [-0.1, -0.05) is 0 Å². The van der Waals surface area contributed by atoms with E-state index in [2.05, 4.69) is 20.4 Å². The van der Waals surface area contributed by atoms with Gasteiger partial charge >= 0.3 is 0 Å². The molecule has 3 aromatic rings. The van der Waals surface area contributed by atoms with Crippen molar-refractivity contribution >= 4 is 17.4 Å². The van der Waals surface area contributed by atoms with Crippen LogP contribution in [0.4, 0.5) is 11.5 Å². The van der Waals surface area contributed by atoms with Crippen molar-refractivity contribution in [2.45, 2.75) is 13.8 Å². The van der Waals surface area contributed by atoms with E-state index in [4.69, 9.17) is 9.47 Å². The summed E-state index contributed by atoms with van der Waals surface area (Å²) in [6, 6.07) is 5.17. The third-order valence-electron chi connectivity index (χ3n) is 4.07. The summed E-state index contributed by atoms with van der Waals surface area (Å²) in [5, 5.41) is 18.3. The minimum atomic E-state index is -0.779. The van der Waals surface area contributed by atoms with Gasteiger partial charge in [0.05, 0.1) is 30.9 Å². The van der Waals surface area contributed by atoms with Crippen molar-refractivity contribution in [2.24, 2.45) is 0 Å². The van der Waals surface area contributed by atoms with Crippen molar-refractivity contribution in [3.05, 3.63) is 61.7 Å². The number of aryl methyl sites for hydroxylation is 2. The number of anilines is 1. The molecule has 156 valence electrons. The molecule has 12 heteroatoms. The molecule has 0 spiro atoms. The number of amides is 1. The molecular formula is C18H18N6O6. The smallest absolute Gasteiger partial charge is 0.286 e. The monoisotopic (exact) mass is 414 g/mol. The Balaban J connectivity index is 2.05. The Kier molecular flexibility index (Phi) is 5.49. The number of ether oxygens (including phenoxy) is 2. The number of carbonyl (C=O) groups excluding carboxylic acids is 1. The summed E-state index contributed by atoms with van der Waals surface area (Å²) in [5.41, 5.74) is -0.117. The van der Waals surface area contributed by atoms with Crippen LogP contribution in [0.15, 0.2) is 29.1 Å². The standard InChI is InChI=1S/C18H18N6O6/c1-9-6-16(25)21-18(19-9)23-15(5-10(2)22-23)20-17(26)11-7-13(29-3)14(30-4)8-12(11)24(27)28/h5-8H,1-4H3,(H,20,26)(H,19,21,25). The number of nitro groups is 1. The maximum absolute atomic E-state index is 12.9. The van der Waals surface area contributed by atoms with Crippen molar-refractivity contribution < 1.29 is 19.2 Å². The molecule has 2 aromatic heterocycles. The number of rotatable bonds is 6. The maximum Gasteiger partial charge on any atom is 0.286 e. The fourth-order valence-corrected chi connectivity index (χ4v) is 2.80. The minimum Gasteiger partial charge on any atom is -0.493 e. The van der Waals surface area contributed by atoms with Crippen LogP contribution >= 0.6 is 0 Å². The molecule has 1 aromatic carbocycles. The van der Waals surface area contributed by atoms with Crippen LogP contribution in [0.1, 0.15) is 21.7 Å². The van der Waals surface area contributed by atoms with Gasteiger partial charge in [0.1, 0.15) is 11.4 Å². The quantitative estimate of drug-likeness (QED) is 0.457. The molecule has 1 amide bonds. The fraction of sp³-hybridized carbons (Fsp3) is 0.222. The van der Waals surface area contributed by atoms with Crippen molar-refractivity contribution in [3.63, 3.8) is 0 Å². The van der Waals surface area contributed by atoms with E-state index in [1.54, 1.807) is 13.8 Å². The molecule has 0 atom stereocenters. The molecule has 0 radical (unpaired) electrons. The van der Waals surface area contributed by atoms with Crippen LogP contribution in [0.3, 0.4) is 0 Å². The first-order chi connectivity index (χ1) is 14.2. The number of methoxy groups -OCH3 is 2. The third kappa shape index (κ3) is 3.97. The first-order valence-electron chi connectivity index (χ1n) is 8.60. The van der Waals surface area contributed by atoms with Gasteiger partial charge in [0.15, 0.2) is 11.5 Å². The summed E-state index contributed by atoms with van der Waals surface area (Å²) in [6.07, 6.45) is 0. The van der Waals surface area contributed by atoms with Gasteiger partial charge < -0.3 is 14.8 Å². The highest BCUT2D eigenvalue weighted by atomic mass is 16.6. The Morgan fingerprint density at radius 1 is 1.13 bits per heavy atom. The highest BCUT2D eigenvalue weighted by Crippen LogP contribution is 2.34. The average molecular weight is 414 g/mol. The topological polar surface area (TPSA) is 154 Å². The summed E-state index contributed by atoms with van der Waals surface area (Å²) >= 11 is 0. The molecule has 0 aliphatic heterocycles. The number of hydrogen-bond donors (Lipinski definition) is 2. The van der Waals surface area contributed by atoms with E-state index in [0.717, 1.165) is 6.07 Å². The molecule has 0 bridgehead atoms. The SMILES string of the molecule is COc1cc(C(=O)Nc2cc(C)nn2-c2nc(C)cc(=O)[nH]2)c([N+](=O)[O-])cc1OC. The second-order valence-electron chi connectivity index (χ2n) is 6.23. The number of nitrogens with one attached hydrogen (secondary N) is 2. The Morgan fingerprint density at radius 2 is 1.80 bits per heavy atom. The highest BCUT2D eigenvalue weighted by Gasteiger charge is 2.26. The molecule has 3 rings (SSSR count). The first-order valence-corrected chi connectivity index (χ1v) is 8.60. The van der Waals surface area contributed by atoms with Crippen LogP contribution in [0.5, 0.6) is 11.5 Å². The van der Waals surface area contributed by atoms with Gasteiger partial charge in [0, 0.05) is 23.9 Å². The van der Waals surface area contributed by atoms with Gasteiger partial charge in [0.25, 0.3) is 17.2 Å². The Hall–Kier alpha value is -4.22. The van der Waals surface area contributed by atoms with Gasteiger partial charge in [-0.3, -0.25) is 24.7 Å². The number of aromatic nitrogens is 4. The Morgan fingerprint density at radius 3 is 2.40 bits per heavy atom. The van der Waals surface area contributed by atoms with E-state index >= 15 is 0 Å². The largest absolute Gasteiger partial charge is 0.493 e. The number of benzene rings is 1. The van der Waals surface area contributed by atoms with Crippen molar-refractivity contribution in [3.8, 4) is 17.4 Å². The summed E-state index contributed by atoms with van der Waals surface area (Å²) < 4.78 is 11.4. The lowest BCUT2D eigenvalue weighted by molar-refractivity contribution is -0.385. The average Bonchev–Trinajstić information content (AvgIpc) is 3.06. The zero-order valence-corrected chi connectivity index (χ0v) is 16.5. The molecule has 30 heavy (non-hydrogen) atoms. The van der Waals surface area contributed by atoms with Crippen LogP contribution in [0.2, 0.25) is 0 Å². The lowest BCUT2D eigenvalue weighted by Gasteiger charge is -2.11. The molecule has 2 heterocycles. The molecule has 0 unspecified atom stereocenters. The Bertz CT molecular complexity index is 1200. The number of nitrogens with zero attached hydrogens (tertiary/aromatic N) is 4. The van der Waals surface area contributed by atoms with Crippen molar-refractivity contribution in [1.82, 2.24) is 19.7 Å². The Labute approximate surface area is 169 Å². The fourth-order valence-electron chi connectivity index (χ4n) is 2.80. The van der Waals surface area contributed by atoms with Gasteiger partial charge in [-0.25, -0.2) is 4.98 Å². The molecular weight excluding hydrogens is 396 g/mol. The van der Waals surface area contributed by atoms with E-state index in [9.17, 15) is 19.7 Å². The van der Waals surface area contributed by atoms with Crippen molar-refractivity contribution in [1.29, 1.82) is 0 Å². The third-order valence-corrected chi connectivity index (χ3v) is 4.07. The normalized spacial score (nSPS) is 10.5. The van der Waals surface area contributed by atoms with E-state index in [-0.39, 0.29) is 28.8 Å². The van der Waals surface area contributed by atoms with Crippen LogP contribution in [-0.4, -0.2) is 44.8 Å². The highest BCUT2D eigenvalue weighted by molar-refractivity contribution is 6.07. The molecule has 0 fully saturated rings. The van der Waals surface area contributed by atoms with E-state index in [0.29, 0.717) is 11.4 Å². The minimum absolute atomic E-state index is 0.0882. The van der Waals surface area contributed by atoms with Crippen LogP contribution in [0, 0.1) is 24.0 Å². The molecule has 0 saturated heterocycles. The zero-order valence-electron chi connectivity index (χ0n) is 16.5. The van der Waals surface area contributed by atoms with E-state index in [1.807, 2.05) is 0 Å². The second-order valence-corrected chi connectivity index (χ2v) is 6.23. The van der Waals surface area contributed by atoms with Crippen molar-refractivity contribution in [2.75, 3.05) is 19.5 Å². The predicted molar refractivity (Wildman–Crippen MR) is 106 cm³/mol.